The van der Waals surface area contributed by atoms with Crippen LogP contribution in [0.3, 0.4) is 0 Å². The Morgan fingerprint density at radius 2 is 2.25 bits per heavy atom. The van der Waals surface area contributed by atoms with Crippen LogP contribution < -0.4 is 0 Å². The summed E-state index contributed by atoms with van der Waals surface area (Å²) in [5.41, 5.74) is 0. The topological polar surface area (TPSA) is 42.0 Å². The molecule has 0 aromatic rings. The van der Waals surface area contributed by atoms with E-state index >= 15 is 0 Å². The molecule has 1 heterocycles. The second-order valence-corrected chi connectivity index (χ2v) is 6.09. The van der Waals surface area contributed by atoms with Gasteiger partial charge in [0.2, 0.25) is 0 Å². The molecule has 0 radical (unpaired) electrons. The van der Waals surface area contributed by atoms with Crippen LogP contribution in [0.2, 0.25) is 0 Å². The molecule has 1 atom stereocenters. The van der Waals surface area contributed by atoms with Gasteiger partial charge in [0.15, 0.2) is 0 Å². The molecule has 1 unspecified atom stereocenters. The van der Waals surface area contributed by atoms with Gasteiger partial charge in [-0.3, -0.25) is 9.69 Å². The minimum absolute atomic E-state index is 0.129. The minimum atomic E-state index is -0.129. The Bertz CT molecular complexity index is 284. The minimum Gasteiger partial charge on any atom is -0.469 e. The summed E-state index contributed by atoms with van der Waals surface area (Å²) in [6.07, 6.45) is 1.61. The van der Waals surface area contributed by atoms with E-state index < -0.39 is 0 Å². The van der Waals surface area contributed by atoms with Gasteiger partial charge in [0.25, 0.3) is 0 Å². The number of carbonyl (C=O) groups excluding carboxylic acids is 1. The van der Waals surface area contributed by atoms with E-state index in [4.69, 9.17) is 4.74 Å². The van der Waals surface area contributed by atoms with Gasteiger partial charge in [0.05, 0.1) is 19.8 Å². The van der Waals surface area contributed by atoms with Crippen molar-refractivity contribution in [1.29, 1.82) is 0 Å². The average molecular weight is 286 g/mol. The number of rotatable bonds is 8. The fraction of sp³-hybridized carbons (Fsp3) is 0.933. The highest BCUT2D eigenvalue weighted by atomic mass is 16.5. The largest absolute Gasteiger partial charge is 0.469 e. The summed E-state index contributed by atoms with van der Waals surface area (Å²) >= 11 is 0. The molecule has 5 heteroatoms. The molecule has 0 amide bonds. The molecule has 1 saturated heterocycles. The quantitative estimate of drug-likeness (QED) is 0.628. The summed E-state index contributed by atoms with van der Waals surface area (Å²) in [6.45, 7) is 10.4. The summed E-state index contributed by atoms with van der Waals surface area (Å²) < 4.78 is 10.5. The van der Waals surface area contributed by atoms with Gasteiger partial charge in [-0.25, -0.2) is 0 Å². The number of esters is 1. The average Bonchev–Trinajstić information content (AvgIpc) is 2.38. The summed E-state index contributed by atoms with van der Waals surface area (Å²) in [5, 5.41) is 0. The van der Waals surface area contributed by atoms with Crippen LogP contribution >= 0.6 is 0 Å². The van der Waals surface area contributed by atoms with Crippen LogP contribution in [0.5, 0.6) is 0 Å². The fourth-order valence-electron chi connectivity index (χ4n) is 2.61. The molecule has 118 valence electrons. The van der Waals surface area contributed by atoms with Crippen molar-refractivity contribution in [2.24, 2.45) is 5.92 Å². The first kappa shape index (κ1) is 17.4. The van der Waals surface area contributed by atoms with Gasteiger partial charge >= 0.3 is 5.97 Å². The lowest BCUT2D eigenvalue weighted by molar-refractivity contribution is -0.140. The lowest BCUT2D eigenvalue weighted by atomic mass is 10.1. The molecule has 0 bridgehead atoms. The van der Waals surface area contributed by atoms with E-state index in [0.717, 1.165) is 45.8 Å². The number of likely N-dealkylation sites (N-methyl/N-ethyl adjacent to an activating group) is 1. The Balaban J connectivity index is 2.20. The van der Waals surface area contributed by atoms with Crippen LogP contribution in [-0.4, -0.2) is 75.4 Å². The third-order valence-electron chi connectivity index (χ3n) is 3.51. The van der Waals surface area contributed by atoms with Gasteiger partial charge in [-0.2, -0.15) is 0 Å². The monoisotopic (exact) mass is 286 g/mol. The van der Waals surface area contributed by atoms with Crippen molar-refractivity contribution in [2.75, 3.05) is 53.5 Å². The molecule has 20 heavy (non-hydrogen) atoms. The Kier molecular flexibility index (Phi) is 8.11. The molecule has 0 aromatic carbocycles. The molecular formula is C15H30N2O3. The molecule has 1 fully saturated rings. The highest BCUT2D eigenvalue weighted by Gasteiger charge is 2.21. The number of methoxy groups -OCH3 is 1. The van der Waals surface area contributed by atoms with Crippen LogP contribution in [0.4, 0.5) is 0 Å². The zero-order chi connectivity index (χ0) is 15.0. The second kappa shape index (κ2) is 9.32. The molecule has 1 rings (SSSR count). The van der Waals surface area contributed by atoms with Crippen molar-refractivity contribution < 1.29 is 14.3 Å². The first-order valence-electron chi connectivity index (χ1n) is 7.60. The zero-order valence-corrected chi connectivity index (χ0v) is 13.4. The van der Waals surface area contributed by atoms with Crippen LogP contribution in [0.25, 0.3) is 0 Å². The smallest absolute Gasteiger partial charge is 0.305 e. The van der Waals surface area contributed by atoms with Gasteiger partial charge in [0, 0.05) is 32.6 Å². The van der Waals surface area contributed by atoms with E-state index in [1.807, 2.05) is 0 Å². The van der Waals surface area contributed by atoms with Crippen LogP contribution in [-0.2, 0) is 14.3 Å². The maximum Gasteiger partial charge on any atom is 0.305 e. The van der Waals surface area contributed by atoms with Crippen molar-refractivity contribution in [2.45, 2.75) is 32.8 Å². The van der Waals surface area contributed by atoms with Gasteiger partial charge in [-0.1, -0.05) is 13.8 Å². The Labute approximate surface area is 123 Å². The molecule has 0 spiro atoms. The van der Waals surface area contributed by atoms with Crippen LogP contribution in [0, 0.1) is 5.92 Å². The summed E-state index contributed by atoms with van der Waals surface area (Å²) in [5.74, 6) is 0.571. The van der Waals surface area contributed by atoms with E-state index in [0.29, 0.717) is 12.3 Å². The van der Waals surface area contributed by atoms with Gasteiger partial charge in [-0.15, -0.1) is 0 Å². The van der Waals surface area contributed by atoms with Crippen molar-refractivity contribution in [3.63, 3.8) is 0 Å². The highest BCUT2D eigenvalue weighted by molar-refractivity contribution is 5.69. The first-order chi connectivity index (χ1) is 9.51. The number of ether oxygens (including phenoxy) is 2. The SMILES string of the molecule is COC(=O)CCCN(C)CC1CN(CC(C)C)CCO1. The number of hydrogen-bond acceptors (Lipinski definition) is 5. The Morgan fingerprint density at radius 1 is 1.50 bits per heavy atom. The molecule has 0 aliphatic carbocycles. The summed E-state index contributed by atoms with van der Waals surface area (Å²) in [4.78, 5) is 15.8. The zero-order valence-electron chi connectivity index (χ0n) is 13.4. The number of morpholine rings is 1. The van der Waals surface area contributed by atoms with E-state index in [1.165, 1.54) is 7.11 Å². The fourth-order valence-corrected chi connectivity index (χ4v) is 2.61. The lowest BCUT2D eigenvalue weighted by Crippen LogP contribution is -2.48. The first-order valence-corrected chi connectivity index (χ1v) is 7.60. The number of nitrogens with zero attached hydrogens (tertiary/aromatic N) is 2. The van der Waals surface area contributed by atoms with Crippen LogP contribution in [0.15, 0.2) is 0 Å². The van der Waals surface area contributed by atoms with E-state index in [-0.39, 0.29) is 12.1 Å². The van der Waals surface area contributed by atoms with Crippen molar-refractivity contribution in [1.82, 2.24) is 9.80 Å². The van der Waals surface area contributed by atoms with E-state index in [9.17, 15) is 4.79 Å². The van der Waals surface area contributed by atoms with E-state index in [2.05, 4.69) is 35.4 Å². The third kappa shape index (κ3) is 7.22. The molecule has 1 aliphatic rings. The lowest BCUT2D eigenvalue weighted by Gasteiger charge is -2.35. The predicted octanol–water partition coefficient (Wildman–Crippen LogP) is 1.23. The second-order valence-electron chi connectivity index (χ2n) is 6.09. The predicted molar refractivity (Wildman–Crippen MR) is 79.8 cm³/mol. The molecule has 0 N–H and O–H groups in total. The molecule has 0 aromatic heterocycles. The molecule has 1 aliphatic heterocycles. The van der Waals surface area contributed by atoms with Crippen LogP contribution in [0.1, 0.15) is 26.7 Å². The molecule has 5 nitrogen and oxygen atoms in total. The van der Waals surface area contributed by atoms with E-state index in [1.54, 1.807) is 0 Å². The molecular weight excluding hydrogens is 256 g/mol. The summed E-state index contributed by atoms with van der Waals surface area (Å²) in [7, 11) is 3.52. The number of carbonyl (C=O) groups is 1. The normalized spacial score (nSPS) is 20.6. The van der Waals surface area contributed by atoms with Gasteiger partial charge < -0.3 is 14.4 Å². The standard InChI is InChI=1S/C15H30N2O3/c1-13(2)10-17-8-9-20-14(12-17)11-16(3)7-5-6-15(18)19-4/h13-14H,5-12H2,1-4H3. The Hall–Kier alpha value is -0.650. The summed E-state index contributed by atoms with van der Waals surface area (Å²) in [6, 6.07) is 0. The van der Waals surface area contributed by atoms with Gasteiger partial charge in [0.1, 0.15) is 0 Å². The van der Waals surface area contributed by atoms with Crippen molar-refractivity contribution in [3.05, 3.63) is 0 Å². The number of hydrogen-bond donors (Lipinski definition) is 0. The highest BCUT2D eigenvalue weighted by Crippen LogP contribution is 2.09. The maximum absolute atomic E-state index is 11.1. The van der Waals surface area contributed by atoms with Crippen molar-refractivity contribution in [3.8, 4) is 0 Å². The Morgan fingerprint density at radius 3 is 2.90 bits per heavy atom. The third-order valence-corrected chi connectivity index (χ3v) is 3.51. The van der Waals surface area contributed by atoms with Crippen molar-refractivity contribution >= 4 is 5.97 Å². The van der Waals surface area contributed by atoms with Gasteiger partial charge in [-0.05, 0) is 25.9 Å². The maximum atomic E-state index is 11.1. The molecule has 0 saturated carbocycles.